The molecule has 1 aliphatic rings. The van der Waals surface area contributed by atoms with E-state index in [4.69, 9.17) is 14.5 Å². The Morgan fingerprint density at radius 3 is 2.30 bits per heavy atom. The van der Waals surface area contributed by atoms with Gasteiger partial charge in [0, 0.05) is 50.6 Å². The van der Waals surface area contributed by atoms with E-state index < -0.39 is 0 Å². The number of nitrogens with zero attached hydrogens (tertiary/aromatic N) is 4. The van der Waals surface area contributed by atoms with Gasteiger partial charge in [-0.05, 0) is 43.7 Å². The number of fused-ring (bicyclic) bond motifs is 1. The Kier molecular flexibility index (Phi) is 5.63. The average molecular weight is 409 g/mol. The lowest BCUT2D eigenvalue weighted by molar-refractivity contribution is 0.0625. The van der Waals surface area contributed by atoms with Crippen LogP contribution in [-0.4, -0.2) is 65.5 Å². The van der Waals surface area contributed by atoms with Crippen LogP contribution in [0.2, 0.25) is 0 Å². The molecule has 0 N–H and O–H groups in total. The lowest BCUT2D eigenvalue weighted by Gasteiger charge is -2.34. The Morgan fingerprint density at radius 1 is 1.00 bits per heavy atom. The Hall–Kier alpha value is -3.06. The van der Waals surface area contributed by atoms with Crippen LogP contribution in [-0.2, 0) is 6.54 Å². The highest BCUT2D eigenvalue weighted by molar-refractivity contribution is 5.95. The molecular formula is C23H28N4O3. The number of amides is 1. The van der Waals surface area contributed by atoms with Crippen LogP contribution in [0.3, 0.4) is 0 Å². The van der Waals surface area contributed by atoms with Crippen molar-refractivity contribution in [1.82, 2.24) is 19.2 Å². The van der Waals surface area contributed by atoms with Gasteiger partial charge in [0.15, 0.2) is 0 Å². The maximum atomic E-state index is 13.0. The van der Waals surface area contributed by atoms with E-state index in [2.05, 4.69) is 41.5 Å². The van der Waals surface area contributed by atoms with Gasteiger partial charge in [0.1, 0.15) is 17.1 Å². The fourth-order valence-electron chi connectivity index (χ4n) is 3.94. The van der Waals surface area contributed by atoms with Gasteiger partial charge in [-0.3, -0.25) is 9.69 Å². The largest absolute Gasteiger partial charge is 0.497 e. The van der Waals surface area contributed by atoms with Crippen molar-refractivity contribution in [3.8, 4) is 11.5 Å². The molecule has 1 aromatic carbocycles. The molecule has 158 valence electrons. The summed E-state index contributed by atoms with van der Waals surface area (Å²) in [6.45, 7) is 7.99. The van der Waals surface area contributed by atoms with E-state index in [1.54, 1.807) is 32.4 Å². The predicted molar refractivity (Wildman–Crippen MR) is 115 cm³/mol. The number of hydrogen-bond donors (Lipinski definition) is 0. The maximum Gasteiger partial charge on any atom is 0.254 e. The third-order valence-corrected chi connectivity index (χ3v) is 5.71. The van der Waals surface area contributed by atoms with Crippen molar-refractivity contribution in [2.45, 2.75) is 20.4 Å². The van der Waals surface area contributed by atoms with Crippen molar-refractivity contribution in [2.24, 2.45) is 0 Å². The van der Waals surface area contributed by atoms with Crippen LogP contribution in [0.5, 0.6) is 11.5 Å². The Bertz CT molecular complexity index is 1050. The summed E-state index contributed by atoms with van der Waals surface area (Å²) in [4.78, 5) is 22.0. The molecule has 1 aliphatic heterocycles. The number of imidazole rings is 1. The van der Waals surface area contributed by atoms with Crippen LogP contribution in [0.1, 0.15) is 27.3 Å². The van der Waals surface area contributed by atoms with Crippen LogP contribution in [0.25, 0.3) is 5.65 Å². The molecule has 0 saturated carbocycles. The maximum absolute atomic E-state index is 13.0. The fraction of sp³-hybridized carbons (Fsp3) is 0.391. The highest BCUT2D eigenvalue weighted by Crippen LogP contribution is 2.24. The van der Waals surface area contributed by atoms with Gasteiger partial charge < -0.3 is 18.8 Å². The first-order chi connectivity index (χ1) is 14.5. The van der Waals surface area contributed by atoms with E-state index in [0.29, 0.717) is 30.2 Å². The van der Waals surface area contributed by atoms with E-state index in [9.17, 15) is 4.79 Å². The molecule has 4 rings (SSSR count). The number of methoxy groups -OCH3 is 2. The summed E-state index contributed by atoms with van der Waals surface area (Å²) in [6.07, 6.45) is 2.09. The smallest absolute Gasteiger partial charge is 0.254 e. The van der Waals surface area contributed by atoms with E-state index in [0.717, 1.165) is 31.0 Å². The van der Waals surface area contributed by atoms with Gasteiger partial charge in [-0.2, -0.15) is 0 Å². The zero-order valence-electron chi connectivity index (χ0n) is 18.0. The molecule has 0 aliphatic carbocycles. The van der Waals surface area contributed by atoms with Gasteiger partial charge in [-0.15, -0.1) is 0 Å². The van der Waals surface area contributed by atoms with E-state index in [1.165, 1.54) is 11.3 Å². The lowest BCUT2D eigenvalue weighted by atomic mass is 10.1. The number of carbonyl (C=O) groups excluding carboxylic acids is 1. The van der Waals surface area contributed by atoms with Crippen LogP contribution < -0.4 is 9.47 Å². The number of benzene rings is 1. The van der Waals surface area contributed by atoms with E-state index in [1.807, 2.05) is 4.90 Å². The summed E-state index contributed by atoms with van der Waals surface area (Å²) in [7, 11) is 3.18. The molecule has 0 atom stereocenters. The standard InChI is InChI=1S/C23H28N4O3/c1-16-5-6-27-21(17(2)24-22(27)11-16)15-25-7-9-26(10-8-25)23(28)18-12-19(29-3)14-20(13-18)30-4/h5-6,11-14H,7-10,15H2,1-4H3. The van der Waals surface area contributed by atoms with Crippen molar-refractivity contribution in [3.05, 3.63) is 59.0 Å². The average Bonchev–Trinajstić information content (AvgIpc) is 3.07. The van der Waals surface area contributed by atoms with Gasteiger partial charge in [0.05, 0.1) is 25.6 Å². The number of pyridine rings is 1. The summed E-state index contributed by atoms with van der Waals surface area (Å²) < 4.78 is 12.8. The number of aromatic nitrogens is 2. The second-order valence-electron chi connectivity index (χ2n) is 7.75. The molecule has 1 fully saturated rings. The van der Waals surface area contributed by atoms with Crippen molar-refractivity contribution >= 4 is 11.6 Å². The minimum Gasteiger partial charge on any atom is -0.497 e. The van der Waals surface area contributed by atoms with E-state index in [-0.39, 0.29) is 5.91 Å². The lowest BCUT2D eigenvalue weighted by Crippen LogP contribution is -2.48. The fourth-order valence-corrected chi connectivity index (χ4v) is 3.94. The van der Waals surface area contributed by atoms with Gasteiger partial charge in [0.2, 0.25) is 0 Å². The van der Waals surface area contributed by atoms with Crippen molar-refractivity contribution in [3.63, 3.8) is 0 Å². The Morgan fingerprint density at radius 2 is 1.67 bits per heavy atom. The topological polar surface area (TPSA) is 59.3 Å². The van der Waals surface area contributed by atoms with E-state index >= 15 is 0 Å². The third kappa shape index (κ3) is 3.98. The molecule has 7 heteroatoms. The van der Waals surface area contributed by atoms with Crippen molar-refractivity contribution in [1.29, 1.82) is 0 Å². The molecular weight excluding hydrogens is 380 g/mol. The molecule has 3 aromatic rings. The monoisotopic (exact) mass is 408 g/mol. The molecule has 0 bridgehead atoms. The number of carbonyl (C=O) groups is 1. The van der Waals surface area contributed by atoms with Gasteiger partial charge in [-0.25, -0.2) is 4.98 Å². The molecule has 30 heavy (non-hydrogen) atoms. The highest BCUT2D eigenvalue weighted by Gasteiger charge is 2.24. The second kappa shape index (κ2) is 8.36. The van der Waals surface area contributed by atoms with Crippen LogP contribution >= 0.6 is 0 Å². The zero-order chi connectivity index (χ0) is 21.3. The molecule has 0 unspecified atom stereocenters. The number of piperazine rings is 1. The van der Waals surface area contributed by atoms with Crippen molar-refractivity contribution < 1.29 is 14.3 Å². The summed E-state index contributed by atoms with van der Waals surface area (Å²) in [5.41, 5.74) is 5.06. The normalized spacial score (nSPS) is 14.9. The number of aryl methyl sites for hydroxylation is 2. The molecule has 7 nitrogen and oxygen atoms in total. The Labute approximate surface area is 176 Å². The first-order valence-corrected chi connectivity index (χ1v) is 10.2. The number of rotatable bonds is 5. The number of hydrogen-bond acceptors (Lipinski definition) is 5. The number of ether oxygens (including phenoxy) is 2. The molecule has 2 aromatic heterocycles. The first kappa shape index (κ1) is 20.2. The quantitative estimate of drug-likeness (QED) is 0.650. The first-order valence-electron chi connectivity index (χ1n) is 10.2. The third-order valence-electron chi connectivity index (χ3n) is 5.71. The molecule has 0 radical (unpaired) electrons. The summed E-state index contributed by atoms with van der Waals surface area (Å²) in [5.74, 6) is 1.25. The van der Waals surface area contributed by atoms with Crippen molar-refractivity contribution in [2.75, 3.05) is 40.4 Å². The molecule has 1 saturated heterocycles. The van der Waals surface area contributed by atoms with Gasteiger partial charge >= 0.3 is 0 Å². The van der Waals surface area contributed by atoms with Crippen LogP contribution in [0.4, 0.5) is 0 Å². The second-order valence-corrected chi connectivity index (χ2v) is 7.75. The van der Waals surface area contributed by atoms with Gasteiger partial charge in [-0.1, -0.05) is 0 Å². The minimum atomic E-state index is 0.00769. The minimum absolute atomic E-state index is 0.00769. The van der Waals surface area contributed by atoms with Crippen LogP contribution in [0.15, 0.2) is 36.5 Å². The molecule has 1 amide bonds. The SMILES string of the molecule is COc1cc(OC)cc(C(=O)N2CCN(Cc3c(C)nc4cc(C)ccn34)CC2)c1. The van der Waals surface area contributed by atoms with Crippen LogP contribution in [0, 0.1) is 13.8 Å². The van der Waals surface area contributed by atoms with Gasteiger partial charge in [0.25, 0.3) is 5.91 Å². The summed E-state index contributed by atoms with van der Waals surface area (Å²) in [6, 6.07) is 9.52. The highest BCUT2D eigenvalue weighted by atomic mass is 16.5. The molecule has 3 heterocycles. The predicted octanol–water partition coefficient (Wildman–Crippen LogP) is 2.93. The summed E-state index contributed by atoms with van der Waals surface area (Å²) >= 11 is 0. The molecule has 0 spiro atoms. The Balaban J connectivity index is 1.43. The zero-order valence-corrected chi connectivity index (χ0v) is 18.0. The summed E-state index contributed by atoms with van der Waals surface area (Å²) in [5, 5.41) is 0.